The molecule has 1 aliphatic heterocycles. The molecule has 0 fully saturated rings. The quantitative estimate of drug-likeness (QED) is 0.0770. The van der Waals surface area contributed by atoms with Crippen LogP contribution in [-0.4, -0.2) is 48.6 Å². The second-order valence-corrected chi connectivity index (χ2v) is 13.5. The predicted molar refractivity (Wildman–Crippen MR) is 126 cm³/mol. The van der Waals surface area contributed by atoms with E-state index in [2.05, 4.69) is 91.6 Å². The molecule has 2 aliphatic rings. The van der Waals surface area contributed by atoms with Crippen molar-refractivity contribution in [3.05, 3.63) is 59.3 Å². The zero-order chi connectivity index (χ0) is 24.0. The zero-order valence-electron chi connectivity index (χ0n) is 17.6. The molecule has 2 nitrogen and oxygen atoms in total. The summed E-state index contributed by atoms with van der Waals surface area (Å²) in [5.41, 5.74) is 4.13. The van der Waals surface area contributed by atoms with E-state index in [1.807, 2.05) is 11.3 Å². The first-order chi connectivity index (χ1) is 14.5. The van der Waals surface area contributed by atoms with E-state index in [0.29, 0.717) is 0 Å². The van der Waals surface area contributed by atoms with Gasteiger partial charge in [-0.05, 0) is 0 Å². The zero-order valence-corrected chi connectivity index (χ0v) is 21.7. The Morgan fingerprint density at radius 2 is 1.56 bits per heavy atom. The Balaban J connectivity index is 0.000000360. The summed E-state index contributed by atoms with van der Waals surface area (Å²) < 4.78 is 64.5. The third-order valence-electron chi connectivity index (χ3n) is 4.49. The molecule has 1 aliphatic carbocycles. The first-order valence-corrected chi connectivity index (χ1v) is 14.5. The van der Waals surface area contributed by atoms with Gasteiger partial charge in [0.05, 0.1) is 0 Å². The van der Waals surface area contributed by atoms with E-state index < -0.39 is 28.2 Å². The Hall–Kier alpha value is -1.59. The normalized spacial score (nSPS) is 13.8. The van der Waals surface area contributed by atoms with E-state index in [0.717, 1.165) is 0 Å². The van der Waals surface area contributed by atoms with E-state index in [-0.39, 0.29) is 0 Å². The van der Waals surface area contributed by atoms with Crippen LogP contribution in [0.3, 0.4) is 0 Å². The SMILES string of the molecule is CN(C)c1ccc2c(-c3cccs3)c3ccc(=[N+](C)C)cc-3[te]c2c1.F[P-](F)(F)(F)(F)F. The molecule has 0 atom stereocenters. The molecule has 0 radical (unpaired) electrons. The number of anilines is 1. The Morgan fingerprint density at radius 3 is 2.09 bits per heavy atom. The van der Waals surface area contributed by atoms with Crippen molar-refractivity contribution in [2.45, 2.75) is 0 Å². The van der Waals surface area contributed by atoms with Crippen molar-refractivity contribution >= 4 is 54.1 Å². The molecule has 174 valence electrons. The third-order valence-corrected chi connectivity index (χ3v) is 8.56. The number of fused-ring (bicyclic) bond motifs is 2. The van der Waals surface area contributed by atoms with Crippen LogP contribution in [0.25, 0.3) is 28.4 Å². The molecular formula is C21H21F6N2PSTe. The van der Waals surface area contributed by atoms with Gasteiger partial charge in [0.25, 0.3) is 0 Å². The molecule has 0 unspecified atom stereocenters. The fraction of sp³-hybridized carbons (Fsp3) is 0.190. The van der Waals surface area contributed by atoms with Crippen LogP contribution in [0.4, 0.5) is 30.9 Å². The van der Waals surface area contributed by atoms with E-state index in [9.17, 15) is 25.2 Å². The summed E-state index contributed by atoms with van der Waals surface area (Å²) in [4.78, 5) is 3.56. The maximum absolute atomic E-state index is 10.7. The minimum atomic E-state index is -10.7. The molecule has 0 N–H and O–H groups in total. The Bertz CT molecular complexity index is 1300. The van der Waals surface area contributed by atoms with Gasteiger partial charge in [-0.1, -0.05) is 0 Å². The van der Waals surface area contributed by atoms with Gasteiger partial charge in [0.15, 0.2) is 0 Å². The molecule has 1 aromatic heterocycles. The fourth-order valence-corrected chi connectivity index (χ4v) is 7.21. The van der Waals surface area contributed by atoms with E-state index >= 15 is 0 Å². The summed E-state index contributed by atoms with van der Waals surface area (Å²) in [5.74, 6) is 0. The van der Waals surface area contributed by atoms with Crippen LogP contribution in [-0.2, 0) is 0 Å². The first-order valence-electron chi connectivity index (χ1n) is 9.28. The summed E-state index contributed by atoms with van der Waals surface area (Å²) in [5, 5.41) is 4.90. The second kappa shape index (κ2) is 8.02. The van der Waals surface area contributed by atoms with Gasteiger partial charge in [-0.15, -0.1) is 0 Å². The van der Waals surface area contributed by atoms with Crippen LogP contribution in [0.5, 0.6) is 0 Å². The van der Waals surface area contributed by atoms with Crippen LogP contribution in [0.2, 0.25) is 0 Å². The van der Waals surface area contributed by atoms with Crippen LogP contribution in [0.15, 0.2) is 53.9 Å². The van der Waals surface area contributed by atoms with Gasteiger partial charge < -0.3 is 0 Å². The molecule has 0 amide bonds. The van der Waals surface area contributed by atoms with Crippen LogP contribution < -0.4 is 14.8 Å². The average Bonchev–Trinajstić information content (AvgIpc) is 3.16. The fourth-order valence-electron chi connectivity index (χ4n) is 3.11. The number of benzene rings is 2. The standard InChI is InChI=1S/C21H21N2STe.F6P/c1-22(2)14-7-9-16-19(12-14)25-20-13-15(23(3)4)8-10-17(20)21(16)18-6-5-11-24-18;1-7(2,3,4,5)6/h5-13H,1-4H3;/q+1;-1. The molecule has 11 heteroatoms. The minimum absolute atomic E-state index is 0.397. The van der Waals surface area contributed by atoms with Gasteiger partial charge in [0, 0.05) is 0 Å². The van der Waals surface area contributed by atoms with E-state index in [4.69, 9.17) is 0 Å². The van der Waals surface area contributed by atoms with Gasteiger partial charge >= 0.3 is 196 Å². The number of hydrogen-bond donors (Lipinski definition) is 0. The molecule has 1 aromatic carbocycles. The molecule has 0 saturated heterocycles. The molecule has 2 aromatic rings. The number of halogens is 6. The first kappa shape index (κ1) is 25.0. The molecular weight excluding hydrogens is 585 g/mol. The Kier molecular flexibility index (Phi) is 6.27. The summed E-state index contributed by atoms with van der Waals surface area (Å²) in [7, 11) is -2.18. The van der Waals surface area contributed by atoms with E-state index in [1.54, 1.807) is 6.98 Å². The third kappa shape index (κ3) is 6.95. The summed E-state index contributed by atoms with van der Waals surface area (Å²) >= 11 is 1.44. The summed E-state index contributed by atoms with van der Waals surface area (Å²) in [6.07, 6.45) is 0. The molecule has 0 saturated carbocycles. The van der Waals surface area contributed by atoms with Gasteiger partial charge in [-0.2, -0.15) is 0 Å². The van der Waals surface area contributed by atoms with Crippen molar-refractivity contribution in [3.63, 3.8) is 0 Å². The second-order valence-electron chi connectivity index (χ2n) is 7.56. The van der Waals surface area contributed by atoms with Gasteiger partial charge in [-0.3, -0.25) is 0 Å². The maximum atomic E-state index is 9.87. The van der Waals surface area contributed by atoms with Crippen LogP contribution in [0.1, 0.15) is 0 Å². The van der Waals surface area contributed by atoms with Crippen LogP contribution in [0, 0.1) is 0 Å². The average molecular weight is 606 g/mol. The summed E-state index contributed by atoms with van der Waals surface area (Å²) in [6, 6.07) is 18.4. The topological polar surface area (TPSA) is 6.25 Å². The number of rotatable bonds is 2. The Labute approximate surface area is 195 Å². The Morgan fingerprint density at radius 1 is 0.906 bits per heavy atom. The van der Waals surface area contributed by atoms with Crippen molar-refractivity contribution in [1.82, 2.24) is 4.58 Å². The predicted octanol–water partition coefficient (Wildman–Crippen LogP) is 7.21. The van der Waals surface area contributed by atoms with E-state index in [1.165, 1.54) is 32.4 Å². The molecule has 0 bridgehead atoms. The van der Waals surface area contributed by atoms with Crippen molar-refractivity contribution < 1.29 is 25.2 Å². The number of thiophene rings is 1. The number of hydrogen-bond acceptors (Lipinski definition) is 2. The van der Waals surface area contributed by atoms with Crippen LogP contribution >= 0.6 is 19.1 Å². The van der Waals surface area contributed by atoms with Crippen molar-refractivity contribution in [2.75, 3.05) is 33.1 Å². The number of nitrogens with zero attached hydrogens (tertiary/aromatic N) is 2. The molecule has 2 heterocycles. The monoisotopic (exact) mass is 608 g/mol. The van der Waals surface area contributed by atoms with Gasteiger partial charge in [0.1, 0.15) is 0 Å². The van der Waals surface area contributed by atoms with Crippen molar-refractivity contribution in [3.8, 4) is 19.6 Å². The molecule has 32 heavy (non-hydrogen) atoms. The molecule has 4 rings (SSSR count). The summed E-state index contributed by atoms with van der Waals surface area (Å²) in [6.45, 7) is 0. The van der Waals surface area contributed by atoms with Crippen molar-refractivity contribution in [2.24, 2.45) is 0 Å². The van der Waals surface area contributed by atoms with Crippen molar-refractivity contribution in [1.29, 1.82) is 0 Å². The molecule has 0 spiro atoms. The van der Waals surface area contributed by atoms with Gasteiger partial charge in [-0.25, -0.2) is 0 Å². The van der Waals surface area contributed by atoms with Gasteiger partial charge in [0.2, 0.25) is 0 Å².